The van der Waals surface area contributed by atoms with E-state index in [9.17, 15) is 19.2 Å². The van der Waals surface area contributed by atoms with Gasteiger partial charge in [-0.1, -0.05) is 57.0 Å². The molecule has 1 aromatic rings. The van der Waals surface area contributed by atoms with Gasteiger partial charge in [0.1, 0.15) is 18.1 Å². The van der Waals surface area contributed by atoms with Gasteiger partial charge in [-0.2, -0.15) is 0 Å². The number of fused-ring (bicyclic) bond motifs is 1. The first kappa shape index (κ1) is 35.5. The van der Waals surface area contributed by atoms with Crippen molar-refractivity contribution in [3.63, 3.8) is 0 Å². The van der Waals surface area contributed by atoms with Crippen molar-refractivity contribution in [2.24, 2.45) is 17.6 Å². The summed E-state index contributed by atoms with van der Waals surface area (Å²) in [5.74, 6) is -1.01. The van der Waals surface area contributed by atoms with Crippen LogP contribution in [0.25, 0.3) is 0 Å². The third-order valence-corrected chi connectivity index (χ3v) is 9.23. The third kappa shape index (κ3) is 11.2. The summed E-state index contributed by atoms with van der Waals surface area (Å²) in [4.78, 5) is 55.2. The average molecular weight is 613 g/mol. The van der Waals surface area contributed by atoms with E-state index in [1.54, 1.807) is 0 Å². The Kier molecular flexibility index (Phi) is 14.1. The predicted molar refractivity (Wildman–Crippen MR) is 173 cm³/mol. The maximum Gasteiger partial charge on any atom is 0.243 e. The molecule has 246 valence electrons. The van der Waals surface area contributed by atoms with Gasteiger partial charge in [0.15, 0.2) is 0 Å². The molecule has 0 radical (unpaired) electrons. The van der Waals surface area contributed by atoms with Crippen molar-refractivity contribution in [1.82, 2.24) is 26.2 Å². The first-order chi connectivity index (χ1) is 20.9. The molecule has 1 saturated heterocycles. The monoisotopic (exact) mass is 612 g/mol. The smallest absolute Gasteiger partial charge is 0.243 e. The fraction of sp³-hybridized carbons (Fsp3) is 0.706. The number of rotatable bonds is 17. The molecule has 6 N–H and O–H groups in total. The number of hydrogen-bond acceptors (Lipinski definition) is 6. The van der Waals surface area contributed by atoms with E-state index in [2.05, 4.69) is 47.1 Å². The zero-order valence-corrected chi connectivity index (χ0v) is 27.4. The van der Waals surface area contributed by atoms with Gasteiger partial charge in [-0.05, 0) is 89.8 Å². The zero-order chi connectivity index (χ0) is 32.2. The van der Waals surface area contributed by atoms with Crippen LogP contribution in [0.5, 0.6) is 0 Å². The largest absolute Gasteiger partial charge is 0.368 e. The van der Waals surface area contributed by atoms with Crippen molar-refractivity contribution in [2.45, 2.75) is 128 Å². The van der Waals surface area contributed by atoms with Crippen molar-refractivity contribution in [1.29, 1.82) is 0 Å². The Morgan fingerprint density at radius 2 is 1.57 bits per heavy atom. The maximum atomic E-state index is 13.9. The number of carbonyl (C=O) groups excluding carboxylic acids is 4. The lowest BCUT2D eigenvalue weighted by atomic mass is 9.85. The van der Waals surface area contributed by atoms with Gasteiger partial charge < -0.3 is 31.9 Å². The number of carbonyl (C=O) groups is 4. The summed E-state index contributed by atoms with van der Waals surface area (Å²) >= 11 is 0. The van der Waals surface area contributed by atoms with E-state index in [1.165, 1.54) is 12.8 Å². The molecule has 3 rings (SSSR count). The van der Waals surface area contributed by atoms with E-state index in [4.69, 9.17) is 5.73 Å². The van der Waals surface area contributed by atoms with Gasteiger partial charge in [-0.25, -0.2) is 0 Å². The molecule has 10 nitrogen and oxygen atoms in total. The average Bonchev–Trinajstić information content (AvgIpc) is 3.42. The van der Waals surface area contributed by atoms with Gasteiger partial charge in [-0.3, -0.25) is 19.2 Å². The van der Waals surface area contributed by atoms with Crippen LogP contribution < -0.4 is 27.0 Å². The summed E-state index contributed by atoms with van der Waals surface area (Å²) in [6.45, 7) is 9.07. The first-order valence-corrected chi connectivity index (χ1v) is 16.6. The Hall–Kier alpha value is -2.98. The van der Waals surface area contributed by atoms with Gasteiger partial charge in [0, 0.05) is 18.5 Å². The van der Waals surface area contributed by atoms with Crippen LogP contribution in [0.1, 0.15) is 91.0 Å². The zero-order valence-electron chi connectivity index (χ0n) is 27.4. The molecule has 6 atom stereocenters. The molecule has 1 aromatic carbocycles. The molecule has 0 unspecified atom stereocenters. The van der Waals surface area contributed by atoms with Gasteiger partial charge in [0.05, 0.1) is 6.04 Å². The molecule has 2 fully saturated rings. The normalized spacial score (nSPS) is 21.9. The Morgan fingerprint density at radius 1 is 0.909 bits per heavy atom. The molecule has 0 aromatic heterocycles. The molecule has 10 heteroatoms. The quantitative estimate of drug-likeness (QED) is 0.171. The van der Waals surface area contributed by atoms with E-state index < -0.39 is 35.8 Å². The topological polar surface area (TPSA) is 146 Å². The molecule has 0 spiro atoms. The molecule has 1 saturated carbocycles. The van der Waals surface area contributed by atoms with Crippen molar-refractivity contribution >= 4 is 23.6 Å². The Balaban J connectivity index is 1.74. The Labute approximate surface area is 264 Å². The van der Waals surface area contributed by atoms with Gasteiger partial charge in [0.2, 0.25) is 23.6 Å². The standard InChI is InChI=1S/C34H56N6O4/c1-22(2)19-28(31(35)41)38-33(43)29(20-24-13-7-6-8-14-24)39-32(42)27(17-11-12-18-40(5)23(3)4)37-34(44)30-21-25-15-9-10-16-26(25)36-30/h6-8,13-14,22-23,25-30,36H,9-12,15-21H2,1-5H3,(H2,35,41)(H,37,44)(H,38,43)(H,39,42)/t25-,26-,27-,28-,29-,30+/m0/s1. The number of nitrogens with one attached hydrogen (secondary N) is 4. The Bertz CT molecular complexity index is 1070. The lowest BCUT2D eigenvalue weighted by Crippen LogP contribution is -2.58. The minimum atomic E-state index is -0.946. The lowest BCUT2D eigenvalue weighted by Gasteiger charge is -2.26. The molecule has 1 heterocycles. The number of nitrogens with zero attached hydrogens (tertiary/aromatic N) is 1. The minimum absolute atomic E-state index is 0.136. The highest BCUT2D eigenvalue weighted by Gasteiger charge is 2.39. The van der Waals surface area contributed by atoms with E-state index in [-0.39, 0.29) is 24.3 Å². The van der Waals surface area contributed by atoms with Crippen LogP contribution in [-0.2, 0) is 25.6 Å². The second-order valence-electron chi connectivity index (χ2n) is 13.6. The highest BCUT2D eigenvalue weighted by atomic mass is 16.2. The number of primary amides is 1. The van der Waals surface area contributed by atoms with Crippen LogP contribution in [-0.4, -0.2) is 78.4 Å². The van der Waals surface area contributed by atoms with Gasteiger partial charge in [-0.15, -0.1) is 0 Å². The molecule has 2 aliphatic rings. The highest BCUT2D eigenvalue weighted by Crippen LogP contribution is 2.33. The van der Waals surface area contributed by atoms with Crippen molar-refractivity contribution < 1.29 is 19.2 Å². The number of hydrogen-bond donors (Lipinski definition) is 5. The van der Waals surface area contributed by atoms with Gasteiger partial charge >= 0.3 is 0 Å². The second-order valence-corrected chi connectivity index (χ2v) is 13.6. The van der Waals surface area contributed by atoms with Gasteiger partial charge in [0.25, 0.3) is 0 Å². The number of amides is 4. The summed E-state index contributed by atoms with van der Waals surface area (Å²) < 4.78 is 0. The predicted octanol–water partition coefficient (Wildman–Crippen LogP) is 2.65. The third-order valence-electron chi connectivity index (χ3n) is 9.23. The summed E-state index contributed by atoms with van der Waals surface area (Å²) in [5, 5.41) is 12.3. The second kappa shape index (κ2) is 17.5. The van der Waals surface area contributed by atoms with Crippen molar-refractivity contribution in [2.75, 3.05) is 13.6 Å². The van der Waals surface area contributed by atoms with Crippen LogP contribution in [0.15, 0.2) is 30.3 Å². The number of nitrogens with two attached hydrogens (primary N) is 1. The minimum Gasteiger partial charge on any atom is -0.368 e. The molecule has 1 aliphatic carbocycles. The van der Waals surface area contributed by atoms with E-state index in [0.717, 1.165) is 44.2 Å². The summed E-state index contributed by atoms with van der Waals surface area (Å²) in [6, 6.07) is 7.31. The molecule has 4 amide bonds. The molecular formula is C34H56N6O4. The molecule has 44 heavy (non-hydrogen) atoms. The molecule has 0 bridgehead atoms. The fourth-order valence-electron chi connectivity index (χ4n) is 6.35. The highest BCUT2D eigenvalue weighted by molar-refractivity contribution is 5.94. The van der Waals surface area contributed by atoms with E-state index in [0.29, 0.717) is 30.8 Å². The maximum absolute atomic E-state index is 13.9. The first-order valence-electron chi connectivity index (χ1n) is 16.6. The lowest BCUT2D eigenvalue weighted by molar-refractivity contribution is -0.133. The summed E-state index contributed by atoms with van der Waals surface area (Å²) in [5.41, 5.74) is 6.47. The molecule has 1 aliphatic heterocycles. The fourth-order valence-corrected chi connectivity index (χ4v) is 6.35. The van der Waals surface area contributed by atoms with Crippen LogP contribution in [0.2, 0.25) is 0 Å². The van der Waals surface area contributed by atoms with Crippen LogP contribution in [0.4, 0.5) is 0 Å². The van der Waals surface area contributed by atoms with Crippen LogP contribution in [0, 0.1) is 11.8 Å². The van der Waals surface area contributed by atoms with Crippen molar-refractivity contribution in [3.8, 4) is 0 Å². The SMILES string of the molecule is CC(C)C[C@H](NC(=O)[C@H](Cc1ccccc1)NC(=O)[C@H](CCCCN(C)C(C)C)NC(=O)[C@H]1C[C@@H]2CCCC[C@@H]2N1)C(N)=O. The van der Waals surface area contributed by atoms with Crippen molar-refractivity contribution in [3.05, 3.63) is 35.9 Å². The Morgan fingerprint density at radius 3 is 2.20 bits per heavy atom. The number of unbranched alkanes of at least 4 members (excludes halogenated alkanes) is 1. The summed E-state index contributed by atoms with van der Waals surface area (Å²) in [7, 11) is 2.08. The summed E-state index contributed by atoms with van der Waals surface area (Å²) in [6.07, 6.45) is 8.09. The van der Waals surface area contributed by atoms with E-state index in [1.807, 2.05) is 44.2 Å². The van der Waals surface area contributed by atoms with Crippen LogP contribution >= 0.6 is 0 Å². The van der Waals surface area contributed by atoms with E-state index >= 15 is 0 Å². The molecular weight excluding hydrogens is 556 g/mol. The van der Waals surface area contributed by atoms with Crippen LogP contribution in [0.3, 0.4) is 0 Å². The number of benzene rings is 1.